The largest absolute Gasteiger partial charge is 0.496 e. The van der Waals surface area contributed by atoms with Crippen molar-refractivity contribution in [1.29, 1.82) is 0 Å². The highest BCUT2D eigenvalue weighted by molar-refractivity contribution is 9.10. The van der Waals surface area contributed by atoms with Crippen LogP contribution in [0.4, 0.5) is 0 Å². The molecule has 1 aromatic carbocycles. The van der Waals surface area contributed by atoms with Gasteiger partial charge in [0, 0.05) is 16.9 Å². The van der Waals surface area contributed by atoms with Gasteiger partial charge in [0.2, 0.25) is 0 Å². The summed E-state index contributed by atoms with van der Waals surface area (Å²) in [6, 6.07) is 9.92. The quantitative estimate of drug-likeness (QED) is 0.656. The average Bonchev–Trinajstić information content (AvgIpc) is 2.45. The lowest BCUT2D eigenvalue weighted by molar-refractivity contribution is 0.405. The van der Waals surface area contributed by atoms with Crippen LogP contribution < -0.4 is 16.0 Å². The van der Waals surface area contributed by atoms with Gasteiger partial charge in [0.25, 0.3) is 0 Å². The lowest BCUT2D eigenvalue weighted by Crippen LogP contribution is -2.29. The van der Waals surface area contributed by atoms with Crippen LogP contribution in [0.5, 0.6) is 5.75 Å². The molecule has 0 spiro atoms. The Morgan fingerprint density at radius 3 is 2.84 bits per heavy atom. The van der Waals surface area contributed by atoms with Gasteiger partial charge in [-0.3, -0.25) is 16.3 Å². The van der Waals surface area contributed by atoms with E-state index in [9.17, 15) is 0 Å². The Kier molecular flexibility index (Phi) is 4.90. The Morgan fingerprint density at radius 1 is 1.37 bits per heavy atom. The molecule has 0 aliphatic carbocycles. The van der Waals surface area contributed by atoms with Crippen LogP contribution in [0.25, 0.3) is 0 Å². The van der Waals surface area contributed by atoms with Gasteiger partial charge in [0.05, 0.1) is 13.2 Å². The molecule has 1 aromatic heterocycles. The normalized spacial score (nSPS) is 12.2. The van der Waals surface area contributed by atoms with Crippen molar-refractivity contribution in [3.63, 3.8) is 0 Å². The van der Waals surface area contributed by atoms with E-state index in [0.29, 0.717) is 0 Å². The Bertz CT molecular complexity index is 548. The molecule has 0 saturated heterocycles. The first-order valence-corrected chi connectivity index (χ1v) is 6.72. The lowest BCUT2D eigenvalue weighted by Gasteiger charge is -2.17. The minimum atomic E-state index is -0.0127. The van der Waals surface area contributed by atoms with Crippen LogP contribution in [0, 0.1) is 0 Å². The number of halogens is 1. The van der Waals surface area contributed by atoms with Gasteiger partial charge in [-0.05, 0) is 45.6 Å². The van der Waals surface area contributed by atoms with Crippen molar-refractivity contribution < 1.29 is 4.74 Å². The molecule has 0 fully saturated rings. The summed E-state index contributed by atoms with van der Waals surface area (Å²) < 4.78 is 6.29. The Labute approximate surface area is 121 Å². The second kappa shape index (κ2) is 6.65. The van der Waals surface area contributed by atoms with Crippen LogP contribution in [0.15, 0.2) is 47.2 Å². The summed E-state index contributed by atoms with van der Waals surface area (Å²) in [6.45, 7) is 0. The molecule has 19 heavy (non-hydrogen) atoms. The first kappa shape index (κ1) is 14.0. The van der Waals surface area contributed by atoms with Crippen LogP contribution in [0.1, 0.15) is 17.2 Å². The summed E-state index contributed by atoms with van der Waals surface area (Å²) in [5.74, 6) is 6.53. The van der Waals surface area contributed by atoms with Crippen molar-refractivity contribution in [3.05, 3.63) is 58.3 Å². The highest BCUT2D eigenvalue weighted by Crippen LogP contribution is 2.25. The van der Waals surface area contributed by atoms with Crippen LogP contribution in [-0.4, -0.2) is 12.1 Å². The first-order valence-electron chi connectivity index (χ1n) is 5.93. The molecule has 0 saturated carbocycles. The fraction of sp³-hybridized carbons (Fsp3) is 0.214. The molecule has 1 unspecified atom stereocenters. The standard InChI is InChI=1S/C14H16BrN3O/c1-19-14-5-3-2-4-10(14)7-13(18-16)11-6-12(15)9-17-8-11/h2-6,8-9,13,18H,7,16H2,1H3. The second-order valence-electron chi connectivity index (χ2n) is 4.17. The van der Waals surface area contributed by atoms with Gasteiger partial charge in [-0.2, -0.15) is 0 Å². The number of hydrogen-bond donors (Lipinski definition) is 2. The van der Waals surface area contributed by atoms with E-state index in [4.69, 9.17) is 10.6 Å². The van der Waals surface area contributed by atoms with E-state index in [0.717, 1.165) is 27.8 Å². The predicted octanol–water partition coefficient (Wildman–Crippen LogP) is 2.60. The fourth-order valence-electron chi connectivity index (χ4n) is 1.98. The molecule has 1 heterocycles. The van der Waals surface area contributed by atoms with Gasteiger partial charge in [-0.15, -0.1) is 0 Å². The monoisotopic (exact) mass is 321 g/mol. The number of aromatic nitrogens is 1. The number of nitrogens with one attached hydrogen (secondary N) is 1. The van der Waals surface area contributed by atoms with Crippen molar-refractivity contribution in [3.8, 4) is 5.75 Å². The van der Waals surface area contributed by atoms with Crippen LogP contribution >= 0.6 is 15.9 Å². The molecule has 0 aliphatic rings. The molecule has 0 radical (unpaired) electrons. The topological polar surface area (TPSA) is 60.2 Å². The molecule has 5 heteroatoms. The third-order valence-electron chi connectivity index (χ3n) is 2.95. The van der Waals surface area contributed by atoms with E-state index in [2.05, 4.69) is 26.3 Å². The highest BCUT2D eigenvalue weighted by atomic mass is 79.9. The van der Waals surface area contributed by atoms with Gasteiger partial charge < -0.3 is 4.74 Å². The average molecular weight is 322 g/mol. The zero-order chi connectivity index (χ0) is 13.7. The maximum absolute atomic E-state index is 5.66. The summed E-state index contributed by atoms with van der Waals surface area (Å²) in [4.78, 5) is 4.16. The van der Waals surface area contributed by atoms with E-state index >= 15 is 0 Å². The van der Waals surface area contributed by atoms with Crippen molar-refractivity contribution in [2.75, 3.05) is 7.11 Å². The van der Waals surface area contributed by atoms with Gasteiger partial charge in [0.15, 0.2) is 0 Å². The summed E-state index contributed by atoms with van der Waals surface area (Å²) in [7, 11) is 1.67. The number of hydrazine groups is 1. The van der Waals surface area contributed by atoms with Crippen LogP contribution in [-0.2, 0) is 6.42 Å². The van der Waals surface area contributed by atoms with E-state index in [1.165, 1.54) is 0 Å². The number of nitrogens with zero attached hydrogens (tertiary/aromatic N) is 1. The third-order valence-corrected chi connectivity index (χ3v) is 3.38. The molecule has 0 bridgehead atoms. The van der Waals surface area contributed by atoms with Crippen molar-refractivity contribution in [1.82, 2.24) is 10.4 Å². The number of hydrogen-bond acceptors (Lipinski definition) is 4. The van der Waals surface area contributed by atoms with E-state index in [1.54, 1.807) is 13.3 Å². The van der Waals surface area contributed by atoms with Crippen molar-refractivity contribution in [2.45, 2.75) is 12.5 Å². The van der Waals surface area contributed by atoms with Gasteiger partial charge in [0.1, 0.15) is 5.75 Å². The van der Waals surface area contributed by atoms with Gasteiger partial charge in [-0.25, -0.2) is 0 Å². The predicted molar refractivity (Wildman–Crippen MR) is 78.7 cm³/mol. The molecule has 3 N–H and O–H groups in total. The number of pyridine rings is 1. The molecule has 0 amide bonds. The van der Waals surface area contributed by atoms with Crippen LogP contribution in [0.2, 0.25) is 0 Å². The number of para-hydroxylation sites is 1. The Morgan fingerprint density at radius 2 is 2.16 bits per heavy atom. The molecule has 1 atom stereocenters. The van der Waals surface area contributed by atoms with Crippen LogP contribution in [0.3, 0.4) is 0 Å². The minimum Gasteiger partial charge on any atom is -0.496 e. The molecular formula is C14H16BrN3O. The number of methoxy groups -OCH3 is 1. The number of rotatable bonds is 5. The SMILES string of the molecule is COc1ccccc1CC(NN)c1cncc(Br)c1. The molecule has 100 valence electrons. The highest BCUT2D eigenvalue weighted by Gasteiger charge is 2.13. The zero-order valence-electron chi connectivity index (χ0n) is 10.6. The molecule has 2 aromatic rings. The zero-order valence-corrected chi connectivity index (χ0v) is 12.2. The summed E-state index contributed by atoms with van der Waals surface area (Å²) in [6.07, 6.45) is 4.30. The summed E-state index contributed by atoms with van der Waals surface area (Å²) >= 11 is 3.42. The van der Waals surface area contributed by atoms with E-state index in [1.807, 2.05) is 36.5 Å². The molecule has 2 rings (SSSR count). The number of nitrogens with two attached hydrogens (primary N) is 1. The second-order valence-corrected chi connectivity index (χ2v) is 5.09. The van der Waals surface area contributed by atoms with Gasteiger partial charge in [-0.1, -0.05) is 18.2 Å². The van der Waals surface area contributed by atoms with E-state index < -0.39 is 0 Å². The van der Waals surface area contributed by atoms with Gasteiger partial charge >= 0.3 is 0 Å². The Balaban J connectivity index is 2.24. The maximum Gasteiger partial charge on any atom is 0.122 e. The number of benzene rings is 1. The third kappa shape index (κ3) is 3.53. The Hall–Kier alpha value is -1.43. The molecular weight excluding hydrogens is 306 g/mol. The van der Waals surface area contributed by atoms with E-state index in [-0.39, 0.29) is 6.04 Å². The smallest absolute Gasteiger partial charge is 0.122 e. The van der Waals surface area contributed by atoms with Crippen molar-refractivity contribution in [2.24, 2.45) is 5.84 Å². The maximum atomic E-state index is 5.66. The summed E-state index contributed by atoms with van der Waals surface area (Å²) in [5.41, 5.74) is 4.96. The fourth-order valence-corrected chi connectivity index (χ4v) is 2.37. The first-order chi connectivity index (χ1) is 9.24. The number of ether oxygens (including phenoxy) is 1. The molecule has 4 nitrogen and oxygen atoms in total. The minimum absolute atomic E-state index is 0.0127. The lowest BCUT2D eigenvalue weighted by atomic mass is 10.00. The molecule has 0 aliphatic heterocycles. The summed E-state index contributed by atoms with van der Waals surface area (Å²) in [5, 5.41) is 0. The van der Waals surface area contributed by atoms with Crippen molar-refractivity contribution >= 4 is 15.9 Å².